The Morgan fingerprint density at radius 1 is 0.564 bits per heavy atom. The van der Waals surface area contributed by atoms with Crippen molar-refractivity contribution < 1.29 is 37.9 Å². The van der Waals surface area contributed by atoms with Gasteiger partial charge >= 0.3 is 13.8 Å². The van der Waals surface area contributed by atoms with E-state index in [1.165, 1.54) is 0 Å². The highest BCUT2D eigenvalue weighted by atomic mass is 31.2. The monoisotopic (exact) mass is 788 g/mol. The van der Waals surface area contributed by atoms with Crippen LogP contribution in [-0.2, 0) is 27.9 Å². The number of allylic oxidation sites excluding steroid dienone is 16. The number of phosphoric acid groups is 1. The first-order valence-electron chi connectivity index (χ1n) is 20.7. The van der Waals surface area contributed by atoms with Crippen LogP contribution in [0.3, 0.4) is 0 Å². The van der Waals surface area contributed by atoms with Crippen LogP contribution in [0.15, 0.2) is 97.2 Å². The highest BCUT2D eigenvalue weighted by Gasteiger charge is 2.23. The van der Waals surface area contributed by atoms with E-state index in [-0.39, 0.29) is 32.1 Å². The van der Waals surface area contributed by atoms with Crippen molar-refractivity contribution in [1.29, 1.82) is 0 Å². The van der Waals surface area contributed by atoms with E-state index in [9.17, 15) is 24.2 Å². The minimum atomic E-state index is -4.43. The van der Waals surface area contributed by atoms with Crippen LogP contribution in [0.25, 0.3) is 0 Å². The molecule has 0 bridgehead atoms. The third kappa shape index (κ3) is 41.9. The summed E-state index contributed by atoms with van der Waals surface area (Å²) in [5.74, 6) is -0.576. The Balaban J connectivity index is 3.70. The molecule has 0 saturated carbocycles. The Hall–Kier alpha value is -3.07. The van der Waals surface area contributed by atoms with Gasteiger partial charge in [0, 0.05) is 19.4 Å². The number of unbranched alkanes of at least 4 members (excludes halogenated alkanes) is 8. The Morgan fingerprint density at radius 2 is 0.982 bits per heavy atom. The zero-order valence-corrected chi connectivity index (χ0v) is 35.0. The number of nitrogens with one attached hydrogen (secondary N) is 1. The molecule has 0 aromatic rings. The molecule has 2 unspecified atom stereocenters. The lowest BCUT2D eigenvalue weighted by Gasteiger charge is -2.15. The molecule has 0 aliphatic rings. The summed E-state index contributed by atoms with van der Waals surface area (Å²) in [4.78, 5) is 33.8. The maximum absolute atomic E-state index is 12.1. The van der Waals surface area contributed by atoms with Gasteiger partial charge in [0.25, 0.3) is 0 Å². The van der Waals surface area contributed by atoms with Crippen molar-refractivity contribution in [1.82, 2.24) is 5.32 Å². The second-order valence-electron chi connectivity index (χ2n) is 13.2. The zero-order chi connectivity index (χ0) is 40.3. The van der Waals surface area contributed by atoms with E-state index < -0.39 is 26.5 Å². The van der Waals surface area contributed by atoms with Crippen LogP contribution in [0, 0.1) is 0 Å². The standard InChI is InChI=1S/C45H74NO8P/c1-3-5-7-9-11-13-15-17-18-19-20-21-22-23-24-26-27-29-31-33-35-37-44(48)46-39-40-53-55(50,51)54-42-43(47)41-52-45(49)38-36-34-32-30-28-25-16-14-12-10-8-6-4-2/h5-8,11-14,17-18,20-21,23-25,28,43,47H,3-4,9-10,15-16,19,22,26-27,29-42H2,1-2H3,(H,46,48)(H,50,51)/b7-5-,8-6-,13-11-,14-12-,18-17-,21-20-,24-23-,28-25-. The molecular formula is C45H74NO8P. The molecule has 55 heavy (non-hydrogen) atoms. The molecule has 0 fully saturated rings. The van der Waals surface area contributed by atoms with Gasteiger partial charge in [0.2, 0.25) is 5.91 Å². The molecular weight excluding hydrogens is 713 g/mol. The van der Waals surface area contributed by atoms with Crippen molar-refractivity contribution in [2.24, 2.45) is 0 Å². The topological polar surface area (TPSA) is 131 Å². The van der Waals surface area contributed by atoms with Gasteiger partial charge < -0.3 is 20.1 Å². The van der Waals surface area contributed by atoms with Gasteiger partial charge in [-0.3, -0.25) is 18.6 Å². The molecule has 9 nitrogen and oxygen atoms in total. The first-order chi connectivity index (χ1) is 26.8. The fraction of sp³-hybridized carbons (Fsp3) is 0.600. The van der Waals surface area contributed by atoms with Crippen LogP contribution in [-0.4, -0.2) is 54.3 Å². The predicted octanol–water partition coefficient (Wildman–Crippen LogP) is 11.4. The lowest BCUT2D eigenvalue weighted by Crippen LogP contribution is -2.27. The number of rotatable bonds is 37. The first kappa shape index (κ1) is 51.9. The third-order valence-corrected chi connectivity index (χ3v) is 8.99. The van der Waals surface area contributed by atoms with E-state index in [1.807, 2.05) is 0 Å². The minimum Gasteiger partial charge on any atom is -0.463 e. The van der Waals surface area contributed by atoms with Crippen molar-refractivity contribution in [3.8, 4) is 0 Å². The van der Waals surface area contributed by atoms with Gasteiger partial charge in [-0.2, -0.15) is 0 Å². The molecule has 0 spiro atoms. The molecule has 0 aromatic heterocycles. The van der Waals surface area contributed by atoms with Crippen molar-refractivity contribution >= 4 is 19.7 Å². The summed E-state index contributed by atoms with van der Waals surface area (Å²) >= 11 is 0. The van der Waals surface area contributed by atoms with E-state index in [0.29, 0.717) is 12.8 Å². The van der Waals surface area contributed by atoms with Crippen LogP contribution in [0.1, 0.15) is 142 Å². The lowest BCUT2D eigenvalue weighted by molar-refractivity contribution is -0.147. The van der Waals surface area contributed by atoms with Crippen LogP contribution < -0.4 is 5.32 Å². The molecule has 1 amide bonds. The summed E-state index contributed by atoms with van der Waals surface area (Å²) in [7, 11) is -4.43. The van der Waals surface area contributed by atoms with Crippen molar-refractivity contribution in [3.05, 3.63) is 97.2 Å². The van der Waals surface area contributed by atoms with Crippen LogP contribution in [0.2, 0.25) is 0 Å². The zero-order valence-electron chi connectivity index (χ0n) is 34.1. The van der Waals surface area contributed by atoms with E-state index in [0.717, 1.165) is 109 Å². The number of carbonyl (C=O) groups is 2. The van der Waals surface area contributed by atoms with E-state index >= 15 is 0 Å². The van der Waals surface area contributed by atoms with Crippen LogP contribution in [0.4, 0.5) is 0 Å². The average Bonchev–Trinajstić information content (AvgIpc) is 3.17. The smallest absolute Gasteiger partial charge is 0.463 e. The van der Waals surface area contributed by atoms with Gasteiger partial charge in [0.15, 0.2) is 0 Å². The lowest BCUT2D eigenvalue weighted by atomic mass is 10.1. The number of hydrogen-bond acceptors (Lipinski definition) is 7. The molecule has 10 heteroatoms. The molecule has 312 valence electrons. The number of carbonyl (C=O) groups excluding carboxylic acids is 2. The summed E-state index contributed by atoms with van der Waals surface area (Å²) in [5.41, 5.74) is 0. The molecule has 3 N–H and O–H groups in total. The average molecular weight is 788 g/mol. The Bertz CT molecular complexity index is 1220. The molecule has 0 saturated heterocycles. The number of hydrogen-bond donors (Lipinski definition) is 3. The van der Waals surface area contributed by atoms with Gasteiger partial charge in [-0.1, -0.05) is 137 Å². The maximum atomic E-state index is 12.1. The van der Waals surface area contributed by atoms with Gasteiger partial charge in [0.05, 0.1) is 13.2 Å². The number of aliphatic hydroxyl groups is 1. The second kappa shape index (κ2) is 40.6. The summed E-state index contributed by atoms with van der Waals surface area (Å²) in [5, 5.41) is 12.6. The molecule has 0 aromatic carbocycles. The minimum absolute atomic E-state index is 0.0605. The summed E-state index contributed by atoms with van der Waals surface area (Å²) in [6.07, 6.45) is 52.0. The molecule has 0 rings (SSSR count). The molecule has 0 aliphatic carbocycles. The number of esters is 1. The van der Waals surface area contributed by atoms with Gasteiger partial charge in [-0.15, -0.1) is 0 Å². The number of phosphoric ester groups is 1. The molecule has 2 atom stereocenters. The number of ether oxygens (including phenoxy) is 1. The third-order valence-electron chi connectivity index (χ3n) is 8.01. The van der Waals surface area contributed by atoms with Crippen molar-refractivity contribution in [3.63, 3.8) is 0 Å². The summed E-state index contributed by atoms with van der Waals surface area (Å²) in [6, 6.07) is 0. The fourth-order valence-corrected chi connectivity index (χ4v) is 5.71. The highest BCUT2D eigenvalue weighted by Crippen LogP contribution is 2.42. The second-order valence-corrected chi connectivity index (χ2v) is 14.6. The largest absolute Gasteiger partial charge is 0.472 e. The summed E-state index contributed by atoms with van der Waals surface area (Å²) in [6.45, 7) is 3.23. The Morgan fingerprint density at radius 3 is 1.49 bits per heavy atom. The number of aliphatic hydroxyl groups excluding tert-OH is 1. The summed E-state index contributed by atoms with van der Waals surface area (Å²) < 4.78 is 26.8. The normalized spacial score (nSPS) is 14.3. The quantitative estimate of drug-likeness (QED) is 0.0245. The van der Waals surface area contributed by atoms with Gasteiger partial charge in [0.1, 0.15) is 12.7 Å². The van der Waals surface area contributed by atoms with Crippen LogP contribution in [0.5, 0.6) is 0 Å². The van der Waals surface area contributed by atoms with E-state index in [1.54, 1.807) is 0 Å². The Kier molecular flexibility index (Phi) is 38.3. The van der Waals surface area contributed by atoms with Crippen molar-refractivity contribution in [2.45, 2.75) is 148 Å². The van der Waals surface area contributed by atoms with Gasteiger partial charge in [-0.05, 0) is 89.9 Å². The first-order valence-corrected chi connectivity index (χ1v) is 22.2. The van der Waals surface area contributed by atoms with Gasteiger partial charge in [-0.25, -0.2) is 4.57 Å². The number of amides is 1. The van der Waals surface area contributed by atoms with Crippen LogP contribution >= 0.6 is 7.82 Å². The SMILES string of the molecule is CC/C=C\C/C=C\C/C=C\C/C=C\C/C=C\CCCCCCCC(=O)NCCOP(=O)(O)OCC(O)COC(=O)CCCCC/C=C\C/C=C\C/C=C\CC. The van der Waals surface area contributed by atoms with E-state index in [4.69, 9.17) is 13.8 Å². The van der Waals surface area contributed by atoms with E-state index in [2.05, 4.69) is 116 Å². The highest BCUT2D eigenvalue weighted by molar-refractivity contribution is 7.47. The molecule has 0 aliphatic heterocycles. The maximum Gasteiger partial charge on any atom is 0.472 e. The fourth-order valence-electron chi connectivity index (χ4n) is 4.95. The predicted molar refractivity (Wildman–Crippen MR) is 229 cm³/mol. The molecule has 0 heterocycles. The van der Waals surface area contributed by atoms with Crippen molar-refractivity contribution in [2.75, 3.05) is 26.4 Å². The Labute approximate surface area is 334 Å². The molecule has 0 radical (unpaired) electrons.